The number of amides is 1. The summed E-state index contributed by atoms with van der Waals surface area (Å²) < 4.78 is 6.26. The molecule has 0 aliphatic rings. The number of carbonyl (C=O) groups excluding carboxylic acids is 1. The van der Waals surface area contributed by atoms with Crippen LogP contribution in [0.25, 0.3) is 6.08 Å². The fourth-order valence-corrected chi connectivity index (χ4v) is 1.10. The Morgan fingerprint density at radius 3 is 2.88 bits per heavy atom. The van der Waals surface area contributed by atoms with Crippen molar-refractivity contribution >= 4 is 12.0 Å². The molecule has 0 atom stereocenters. The number of rotatable bonds is 3. The molecule has 0 saturated carbocycles. The third-order valence-electron chi connectivity index (χ3n) is 1.84. The average molecular weight is 229 g/mol. The van der Waals surface area contributed by atoms with Crippen LogP contribution in [0.2, 0.25) is 0 Å². The number of nitrogens with zero attached hydrogens (tertiary/aromatic N) is 4. The summed E-state index contributed by atoms with van der Waals surface area (Å²) in [6.07, 6.45) is 5.41. The van der Waals surface area contributed by atoms with E-state index < -0.39 is 5.91 Å². The van der Waals surface area contributed by atoms with Crippen LogP contribution in [0.5, 0.6) is 0 Å². The first-order valence-electron chi connectivity index (χ1n) is 4.61. The lowest BCUT2D eigenvalue weighted by atomic mass is 10.2. The molecule has 7 nitrogen and oxygen atoms in total. The summed E-state index contributed by atoms with van der Waals surface area (Å²) in [6, 6.07) is 5.09. The molecule has 0 fully saturated rings. The van der Waals surface area contributed by atoms with Crippen LogP contribution >= 0.6 is 0 Å². The lowest BCUT2D eigenvalue weighted by Crippen LogP contribution is -2.22. The van der Waals surface area contributed by atoms with E-state index >= 15 is 0 Å². The van der Waals surface area contributed by atoms with Crippen molar-refractivity contribution in [1.82, 2.24) is 14.9 Å². The van der Waals surface area contributed by atoms with Crippen molar-refractivity contribution in [2.24, 2.45) is 0 Å². The van der Waals surface area contributed by atoms with E-state index in [2.05, 4.69) is 15.6 Å². The van der Waals surface area contributed by atoms with Crippen molar-refractivity contribution in [3.8, 4) is 6.07 Å². The molecule has 1 amide bonds. The molecule has 0 unspecified atom stereocenters. The zero-order chi connectivity index (χ0) is 12.1. The summed E-state index contributed by atoms with van der Waals surface area (Å²) in [7, 11) is 0. The Kier molecular flexibility index (Phi) is 2.98. The maximum absolute atomic E-state index is 11.6. The molecule has 0 radical (unpaired) electrons. The highest BCUT2D eigenvalue weighted by Crippen LogP contribution is 2.07. The molecule has 0 aromatic carbocycles. The van der Waals surface area contributed by atoms with Gasteiger partial charge in [0.25, 0.3) is 5.91 Å². The van der Waals surface area contributed by atoms with Crippen LogP contribution < -0.4 is 5.43 Å². The van der Waals surface area contributed by atoms with Gasteiger partial charge in [-0.3, -0.25) is 10.2 Å². The summed E-state index contributed by atoms with van der Waals surface area (Å²) in [5.41, 5.74) is 2.33. The van der Waals surface area contributed by atoms with Gasteiger partial charge in [-0.05, 0) is 12.1 Å². The zero-order valence-corrected chi connectivity index (χ0v) is 8.57. The molecule has 0 bridgehead atoms. The van der Waals surface area contributed by atoms with E-state index in [1.165, 1.54) is 29.7 Å². The van der Waals surface area contributed by atoms with Gasteiger partial charge >= 0.3 is 0 Å². The fourth-order valence-electron chi connectivity index (χ4n) is 1.10. The normalized spacial score (nSPS) is 10.9. The van der Waals surface area contributed by atoms with Crippen LogP contribution in [0.4, 0.5) is 0 Å². The van der Waals surface area contributed by atoms with Gasteiger partial charge in [0.15, 0.2) is 0 Å². The zero-order valence-electron chi connectivity index (χ0n) is 8.57. The third-order valence-corrected chi connectivity index (χ3v) is 1.84. The number of nitriles is 1. The molecule has 0 aliphatic carbocycles. The van der Waals surface area contributed by atoms with Crippen molar-refractivity contribution < 1.29 is 9.21 Å². The maximum atomic E-state index is 11.6. The molecule has 0 aliphatic heterocycles. The molecular formula is C10H7N5O2. The molecule has 0 saturated heterocycles. The van der Waals surface area contributed by atoms with E-state index in [1.807, 2.05) is 0 Å². The Morgan fingerprint density at radius 1 is 1.53 bits per heavy atom. The monoisotopic (exact) mass is 229 g/mol. The Labute approximate surface area is 96.0 Å². The lowest BCUT2D eigenvalue weighted by molar-refractivity contribution is -0.113. The molecular weight excluding hydrogens is 222 g/mol. The smallest absolute Gasteiger partial charge is 0.280 e. The molecule has 2 aromatic rings. The summed E-state index contributed by atoms with van der Waals surface area (Å²) in [6.45, 7) is 0. The van der Waals surface area contributed by atoms with Gasteiger partial charge in [-0.15, -0.1) is 10.2 Å². The highest BCUT2D eigenvalue weighted by molar-refractivity contribution is 6.06. The molecule has 1 N–H and O–H groups in total. The minimum Gasteiger partial charge on any atom is -0.465 e. The van der Waals surface area contributed by atoms with Gasteiger partial charge in [0.05, 0.1) is 6.26 Å². The first kappa shape index (κ1) is 10.6. The van der Waals surface area contributed by atoms with E-state index in [4.69, 9.17) is 9.68 Å². The number of nitrogens with one attached hydrogen (secondary N) is 1. The Balaban J connectivity index is 2.14. The van der Waals surface area contributed by atoms with Crippen LogP contribution in [0.3, 0.4) is 0 Å². The highest BCUT2D eigenvalue weighted by Gasteiger charge is 2.09. The largest absolute Gasteiger partial charge is 0.465 e. The van der Waals surface area contributed by atoms with Crippen molar-refractivity contribution in [1.29, 1.82) is 5.26 Å². The Hall–Kier alpha value is -2.88. The lowest BCUT2D eigenvalue weighted by Gasteiger charge is -2.01. The van der Waals surface area contributed by atoms with Crippen LogP contribution in [0.15, 0.2) is 41.0 Å². The number of carbonyl (C=O) groups is 1. The van der Waals surface area contributed by atoms with Crippen LogP contribution in [-0.2, 0) is 4.79 Å². The van der Waals surface area contributed by atoms with E-state index in [0.29, 0.717) is 5.76 Å². The van der Waals surface area contributed by atoms with E-state index in [0.717, 1.165) is 0 Å². The Morgan fingerprint density at radius 2 is 2.29 bits per heavy atom. The highest BCUT2D eigenvalue weighted by atomic mass is 16.3. The van der Waals surface area contributed by atoms with Gasteiger partial charge in [0.2, 0.25) is 0 Å². The summed E-state index contributed by atoms with van der Waals surface area (Å²) in [4.78, 5) is 11.6. The van der Waals surface area contributed by atoms with Crippen molar-refractivity contribution in [2.75, 3.05) is 5.43 Å². The number of hydrogen-bond donors (Lipinski definition) is 1. The van der Waals surface area contributed by atoms with Crippen LogP contribution in [-0.4, -0.2) is 20.8 Å². The molecule has 2 aromatic heterocycles. The predicted molar refractivity (Wildman–Crippen MR) is 56.7 cm³/mol. The SMILES string of the molecule is N#C/C(=C\c1ccco1)C(=O)Nn1cnnc1. The topological polar surface area (TPSA) is 96.7 Å². The van der Waals surface area contributed by atoms with Gasteiger partial charge in [-0.1, -0.05) is 0 Å². The van der Waals surface area contributed by atoms with Gasteiger partial charge in [0.1, 0.15) is 30.1 Å². The molecule has 0 spiro atoms. The summed E-state index contributed by atoms with van der Waals surface area (Å²) in [5, 5.41) is 15.9. The second kappa shape index (κ2) is 4.76. The fraction of sp³-hybridized carbons (Fsp3) is 0. The number of aromatic nitrogens is 3. The summed E-state index contributed by atoms with van der Waals surface area (Å²) in [5.74, 6) is -0.135. The van der Waals surface area contributed by atoms with Crippen LogP contribution in [0.1, 0.15) is 5.76 Å². The summed E-state index contributed by atoms with van der Waals surface area (Å²) >= 11 is 0. The van der Waals surface area contributed by atoms with Gasteiger partial charge in [0, 0.05) is 6.08 Å². The van der Waals surface area contributed by atoms with E-state index in [-0.39, 0.29) is 5.57 Å². The quantitative estimate of drug-likeness (QED) is 0.612. The van der Waals surface area contributed by atoms with Gasteiger partial charge in [-0.2, -0.15) is 5.26 Å². The van der Waals surface area contributed by atoms with Crippen molar-refractivity contribution in [3.63, 3.8) is 0 Å². The predicted octanol–water partition coefficient (Wildman–Crippen LogP) is 0.548. The molecule has 7 heteroatoms. The van der Waals surface area contributed by atoms with Crippen molar-refractivity contribution in [2.45, 2.75) is 0 Å². The molecule has 2 heterocycles. The van der Waals surface area contributed by atoms with Gasteiger partial charge < -0.3 is 4.42 Å². The second-order valence-electron chi connectivity index (χ2n) is 3.00. The first-order chi connectivity index (χ1) is 8.29. The second-order valence-corrected chi connectivity index (χ2v) is 3.00. The Bertz CT molecular complexity index is 562. The third kappa shape index (κ3) is 2.57. The molecule has 2 rings (SSSR count). The average Bonchev–Trinajstić information content (AvgIpc) is 2.97. The minimum absolute atomic E-state index is 0.0753. The van der Waals surface area contributed by atoms with Gasteiger partial charge in [-0.25, -0.2) is 4.68 Å². The minimum atomic E-state index is -0.566. The standard InChI is InChI=1S/C10H7N5O2/c11-5-8(4-9-2-1-3-17-9)10(16)14-15-6-12-13-7-15/h1-4,6-7H,(H,14,16)/b8-4+. The van der Waals surface area contributed by atoms with E-state index in [9.17, 15) is 4.79 Å². The maximum Gasteiger partial charge on any atom is 0.280 e. The number of furan rings is 1. The van der Waals surface area contributed by atoms with E-state index in [1.54, 1.807) is 18.2 Å². The van der Waals surface area contributed by atoms with Crippen molar-refractivity contribution in [3.05, 3.63) is 42.4 Å². The number of hydrogen-bond acceptors (Lipinski definition) is 5. The van der Waals surface area contributed by atoms with Crippen LogP contribution in [0, 0.1) is 11.3 Å². The molecule has 84 valence electrons. The first-order valence-corrected chi connectivity index (χ1v) is 4.61. The molecule has 17 heavy (non-hydrogen) atoms.